The van der Waals surface area contributed by atoms with E-state index in [-0.39, 0.29) is 12.6 Å². The maximum Gasteiger partial charge on any atom is 0.0582 e. The SMILES string of the molecule is CCCCC(N[C@H](C)CO)c1ccccc1. The number of benzene rings is 1. The Balaban J connectivity index is 2.63. The highest BCUT2D eigenvalue weighted by Gasteiger charge is 2.12. The molecule has 1 unspecified atom stereocenters. The average molecular weight is 221 g/mol. The fourth-order valence-corrected chi connectivity index (χ4v) is 1.84. The van der Waals surface area contributed by atoms with Gasteiger partial charge in [0.05, 0.1) is 6.61 Å². The van der Waals surface area contributed by atoms with E-state index < -0.39 is 0 Å². The summed E-state index contributed by atoms with van der Waals surface area (Å²) in [7, 11) is 0. The lowest BCUT2D eigenvalue weighted by Crippen LogP contribution is -2.33. The quantitative estimate of drug-likeness (QED) is 0.742. The first-order chi connectivity index (χ1) is 7.77. The number of unbranched alkanes of at least 4 members (excludes halogenated alkanes) is 1. The smallest absolute Gasteiger partial charge is 0.0582 e. The van der Waals surface area contributed by atoms with Crippen LogP contribution in [0.25, 0.3) is 0 Å². The molecule has 0 amide bonds. The fraction of sp³-hybridized carbons (Fsp3) is 0.571. The Morgan fingerprint density at radius 3 is 2.50 bits per heavy atom. The minimum Gasteiger partial charge on any atom is -0.395 e. The van der Waals surface area contributed by atoms with Crippen LogP contribution >= 0.6 is 0 Å². The van der Waals surface area contributed by atoms with Crippen molar-refractivity contribution >= 4 is 0 Å². The summed E-state index contributed by atoms with van der Waals surface area (Å²) in [5.74, 6) is 0. The molecule has 0 aromatic heterocycles. The number of aliphatic hydroxyl groups is 1. The van der Waals surface area contributed by atoms with Crippen LogP contribution < -0.4 is 5.32 Å². The summed E-state index contributed by atoms with van der Waals surface area (Å²) in [6.45, 7) is 4.41. The van der Waals surface area contributed by atoms with Crippen molar-refractivity contribution in [2.24, 2.45) is 0 Å². The Morgan fingerprint density at radius 2 is 1.94 bits per heavy atom. The molecular formula is C14H23NO. The van der Waals surface area contributed by atoms with E-state index in [1.165, 1.54) is 18.4 Å². The molecule has 1 rings (SSSR count). The van der Waals surface area contributed by atoms with Crippen molar-refractivity contribution in [1.82, 2.24) is 5.32 Å². The molecule has 1 aromatic rings. The summed E-state index contributed by atoms with van der Waals surface area (Å²) in [6.07, 6.45) is 3.55. The van der Waals surface area contributed by atoms with Crippen molar-refractivity contribution in [2.45, 2.75) is 45.2 Å². The summed E-state index contributed by atoms with van der Waals surface area (Å²) in [5, 5.41) is 12.6. The molecule has 0 spiro atoms. The molecule has 0 radical (unpaired) electrons. The van der Waals surface area contributed by atoms with E-state index in [1.807, 2.05) is 13.0 Å². The third-order valence-corrected chi connectivity index (χ3v) is 2.81. The summed E-state index contributed by atoms with van der Waals surface area (Å²) >= 11 is 0. The Morgan fingerprint density at radius 1 is 1.25 bits per heavy atom. The van der Waals surface area contributed by atoms with Crippen molar-refractivity contribution in [2.75, 3.05) is 6.61 Å². The van der Waals surface area contributed by atoms with Gasteiger partial charge in [-0.25, -0.2) is 0 Å². The molecule has 0 heterocycles. The van der Waals surface area contributed by atoms with Crippen LogP contribution in [0.4, 0.5) is 0 Å². The lowest BCUT2D eigenvalue weighted by molar-refractivity contribution is 0.238. The largest absolute Gasteiger partial charge is 0.395 e. The van der Waals surface area contributed by atoms with Gasteiger partial charge in [0.1, 0.15) is 0 Å². The van der Waals surface area contributed by atoms with Gasteiger partial charge >= 0.3 is 0 Å². The van der Waals surface area contributed by atoms with Crippen LogP contribution in [-0.4, -0.2) is 17.8 Å². The Bertz CT molecular complexity index is 273. The van der Waals surface area contributed by atoms with Gasteiger partial charge in [-0.15, -0.1) is 0 Å². The van der Waals surface area contributed by atoms with E-state index >= 15 is 0 Å². The van der Waals surface area contributed by atoms with Crippen molar-refractivity contribution in [1.29, 1.82) is 0 Å². The molecule has 0 fully saturated rings. The maximum atomic E-state index is 9.09. The minimum absolute atomic E-state index is 0.155. The standard InChI is InChI=1S/C14H23NO/c1-3-4-10-14(15-12(2)11-16)13-8-6-5-7-9-13/h5-9,12,14-16H,3-4,10-11H2,1-2H3/t12-,14?/m1/s1. The van der Waals surface area contributed by atoms with E-state index in [0.29, 0.717) is 6.04 Å². The molecule has 0 bridgehead atoms. The molecule has 16 heavy (non-hydrogen) atoms. The highest BCUT2D eigenvalue weighted by molar-refractivity contribution is 5.18. The molecule has 2 atom stereocenters. The molecule has 0 aliphatic rings. The van der Waals surface area contributed by atoms with Gasteiger partial charge in [-0.05, 0) is 18.9 Å². The molecule has 0 saturated heterocycles. The zero-order valence-corrected chi connectivity index (χ0v) is 10.3. The zero-order valence-electron chi connectivity index (χ0n) is 10.3. The Hall–Kier alpha value is -0.860. The maximum absolute atomic E-state index is 9.09. The summed E-state index contributed by atoms with van der Waals surface area (Å²) in [6, 6.07) is 11.0. The third-order valence-electron chi connectivity index (χ3n) is 2.81. The highest BCUT2D eigenvalue weighted by Crippen LogP contribution is 2.19. The first kappa shape index (κ1) is 13.2. The number of aliphatic hydroxyl groups excluding tert-OH is 1. The zero-order chi connectivity index (χ0) is 11.8. The Kier molecular flexibility index (Phi) is 6.12. The van der Waals surface area contributed by atoms with Crippen LogP contribution in [0, 0.1) is 0 Å². The van der Waals surface area contributed by atoms with Crippen molar-refractivity contribution in [3.8, 4) is 0 Å². The first-order valence-corrected chi connectivity index (χ1v) is 6.19. The van der Waals surface area contributed by atoms with E-state index in [1.54, 1.807) is 0 Å². The second-order valence-corrected chi connectivity index (χ2v) is 4.36. The second kappa shape index (κ2) is 7.42. The average Bonchev–Trinajstić information content (AvgIpc) is 2.35. The lowest BCUT2D eigenvalue weighted by Gasteiger charge is -2.22. The van der Waals surface area contributed by atoms with Crippen LogP contribution in [0.5, 0.6) is 0 Å². The van der Waals surface area contributed by atoms with Gasteiger partial charge in [0.15, 0.2) is 0 Å². The van der Waals surface area contributed by atoms with Gasteiger partial charge < -0.3 is 10.4 Å². The number of hydrogen-bond acceptors (Lipinski definition) is 2. The molecule has 1 aromatic carbocycles. The molecule has 2 heteroatoms. The van der Waals surface area contributed by atoms with Crippen LogP contribution in [0.3, 0.4) is 0 Å². The summed E-state index contributed by atoms with van der Waals surface area (Å²) in [5.41, 5.74) is 1.32. The monoisotopic (exact) mass is 221 g/mol. The number of hydrogen-bond donors (Lipinski definition) is 2. The van der Waals surface area contributed by atoms with Crippen LogP contribution in [-0.2, 0) is 0 Å². The molecular weight excluding hydrogens is 198 g/mol. The molecule has 2 nitrogen and oxygen atoms in total. The predicted molar refractivity (Wildman–Crippen MR) is 68.4 cm³/mol. The van der Waals surface area contributed by atoms with Crippen LogP contribution in [0.15, 0.2) is 30.3 Å². The summed E-state index contributed by atoms with van der Waals surface area (Å²) < 4.78 is 0. The normalized spacial score (nSPS) is 14.7. The van der Waals surface area contributed by atoms with Crippen molar-refractivity contribution < 1.29 is 5.11 Å². The van der Waals surface area contributed by atoms with E-state index in [0.717, 1.165) is 6.42 Å². The van der Waals surface area contributed by atoms with Gasteiger partial charge in [0.25, 0.3) is 0 Å². The molecule has 0 aliphatic heterocycles. The topological polar surface area (TPSA) is 32.3 Å². The summed E-state index contributed by atoms with van der Waals surface area (Å²) in [4.78, 5) is 0. The van der Waals surface area contributed by atoms with E-state index in [9.17, 15) is 0 Å². The van der Waals surface area contributed by atoms with E-state index in [2.05, 4.69) is 36.5 Å². The van der Waals surface area contributed by atoms with Crippen LogP contribution in [0.1, 0.15) is 44.7 Å². The van der Waals surface area contributed by atoms with Gasteiger partial charge in [0, 0.05) is 12.1 Å². The first-order valence-electron chi connectivity index (χ1n) is 6.19. The molecule has 90 valence electrons. The van der Waals surface area contributed by atoms with Gasteiger partial charge in [-0.2, -0.15) is 0 Å². The van der Waals surface area contributed by atoms with Crippen molar-refractivity contribution in [3.63, 3.8) is 0 Å². The number of rotatable bonds is 7. The second-order valence-electron chi connectivity index (χ2n) is 4.36. The number of nitrogens with one attached hydrogen (secondary N) is 1. The van der Waals surface area contributed by atoms with Gasteiger partial charge in [-0.3, -0.25) is 0 Å². The van der Waals surface area contributed by atoms with Crippen molar-refractivity contribution in [3.05, 3.63) is 35.9 Å². The molecule has 2 N–H and O–H groups in total. The van der Waals surface area contributed by atoms with Gasteiger partial charge in [-0.1, -0.05) is 50.1 Å². The minimum atomic E-state index is 0.155. The third kappa shape index (κ3) is 4.33. The van der Waals surface area contributed by atoms with E-state index in [4.69, 9.17) is 5.11 Å². The predicted octanol–water partition coefficient (Wildman–Crippen LogP) is 2.89. The lowest BCUT2D eigenvalue weighted by atomic mass is 10.0. The molecule has 0 saturated carbocycles. The molecule has 0 aliphatic carbocycles. The van der Waals surface area contributed by atoms with Crippen LogP contribution in [0.2, 0.25) is 0 Å². The Labute approximate surface area is 98.7 Å². The highest BCUT2D eigenvalue weighted by atomic mass is 16.3. The fourth-order valence-electron chi connectivity index (χ4n) is 1.84. The van der Waals surface area contributed by atoms with Gasteiger partial charge in [0.2, 0.25) is 0 Å².